The van der Waals surface area contributed by atoms with Gasteiger partial charge in [0.1, 0.15) is 11.3 Å². The number of aromatic nitrogens is 3. The molecule has 0 spiro atoms. The number of carbonyl (C=O) groups is 1. The number of amides is 1. The lowest BCUT2D eigenvalue weighted by Gasteiger charge is -2.15. The molecule has 0 saturated carbocycles. The Morgan fingerprint density at radius 2 is 1.85 bits per heavy atom. The molecule has 3 rings (SSSR count). The van der Waals surface area contributed by atoms with Crippen LogP contribution in [0.4, 0.5) is 18.9 Å². The van der Waals surface area contributed by atoms with Gasteiger partial charge in [-0.05, 0) is 44.2 Å². The van der Waals surface area contributed by atoms with E-state index in [9.17, 15) is 22.8 Å². The molecule has 0 bridgehead atoms. The van der Waals surface area contributed by atoms with E-state index in [1.807, 2.05) is 0 Å². The summed E-state index contributed by atoms with van der Waals surface area (Å²) in [5, 5.41) is 2.56. The number of nitrogens with zero attached hydrogens (tertiary/aromatic N) is 1. The van der Waals surface area contributed by atoms with Crippen molar-refractivity contribution < 1.29 is 22.7 Å². The van der Waals surface area contributed by atoms with Crippen LogP contribution in [-0.4, -0.2) is 27.0 Å². The highest BCUT2D eigenvalue weighted by Gasteiger charge is 2.34. The van der Waals surface area contributed by atoms with Gasteiger partial charge >= 0.3 is 11.9 Å². The Kier molecular flexibility index (Phi) is 4.64. The number of fused-ring (bicyclic) bond motifs is 1. The second kappa shape index (κ2) is 6.78. The van der Waals surface area contributed by atoms with Crippen LogP contribution in [0.5, 0.6) is 5.88 Å². The van der Waals surface area contributed by atoms with Gasteiger partial charge in [0.25, 0.3) is 5.91 Å². The van der Waals surface area contributed by atoms with Gasteiger partial charge in [0.2, 0.25) is 5.88 Å². The van der Waals surface area contributed by atoms with Crippen LogP contribution >= 0.6 is 0 Å². The van der Waals surface area contributed by atoms with Crippen molar-refractivity contribution in [3.05, 3.63) is 52.1 Å². The predicted octanol–water partition coefficient (Wildman–Crippen LogP) is 3.31. The van der Waals surface area contributed by atoms with Crippen LogP contribution in [0.1, 0.15) is 29.9 Å². The minimum absolute atomic E-state index is 0.139. The van der Waals surface area contributed by atoms with Gasteiger partial charge < -0.3 is 20.0 Å². The zero-order valence-electron chi connectivity index (χ0n) is 14.3. The molecule has 0 aliphatic rings. The number of imidazole rings is 1. The van der Waals surface area contributed by atoms with Crippen molar-refractivity contribution >= 4 is 22.6 Å². The third kappa shape index (κ3) is 4.10. The van der Waals surface area contributed by atoms with Gasteiger partial charge in [0.15, 0.2) is 0 Å². The number of aromatic amines is 2. The molecule has 27 heavy (non-hydrogen) atoms. The number of halogens is 3. The van der Waals surface area contributed by atoms with E-state index >= 15 is 0 Å². The first-order chi connectivity index (χ1) is 12.6. The summed E-state index contributed by atoms with van der Waals surface area (Å²) in [6.07, 6.45) is -5.14. The second-order valence-electron chi connectivity index (χ2n) is 6.01. The van der Waals surface area contributed by atoms with Crippen LogP contribution in [-0.2, 0) is 6.18 Å². The summed E-state index contributed by atoms with van der Waals surface area (Å²) in [6.45, 7) is 3.22. The van der Waals surface area contributed by atoms with Crippen LogP contribution in [0.3, 0.4) is 0 Å². The molecule has 1 aromatic carbocycles. The molecule has 10 heteroatoms. The van der Waals surface area contributed by atoms with Crippen molar-refractivity contribution in [1.82, 2.24) is 15.0 Å². The van der Waals surface area contributed by atoms with E-state index in [2.05, 4.69) is 20.3 Å². The van der Waals surface area contributed by atoms with Gasteiger partial charge in [0, 0.05) is 5.69 Å². The number of benzene rings is 1. The zero-order valence-corrected chi connectivity index (χ0v) is 14.3. The molecule has 3 N–H and O–H groups in total. The number of alkyl halides is 3. The molecule has 3 aromatic rings. The third-order valence-corrected chi connectivity index (χ3v) is 3.52. The summed E-state index contributed by atoms with van der Waals surface area (Å²) < 4.78 is 43.9. The number of rotatable bonds is 4. The topological polar surface area (TPSA) is 99.9 Å². The molecule has 0 atom stereocenters. The Bertz CT molecular complexity index is 1050. The van der Waals surface area contributed by atoms with Crippen LogP contribution in [0.25, 0.3) is 11.0 Å². The lowest BCUT2D eigenvalue weighted by atomic mass is 10.2. The first-order valence-corrected chi connectivity index (χ1v) is 7.92. The Balaban J connectivity index is 1.93. The maximum Gasteiger partial charge on any atom is 0.433 e. The fourth-order valence-electron chi connectivity index (χ4n) is 2.39. The van der Waals surface area contributed by atoms with Gasteiger partial charge in [0.05, 0.1) is 17.1 Å². The van der Waals surface area contributed by atoms with Gasteiger partial charge in [-0.2, -0.15) is 13.2 Å². The molecule has 7 nitrogen and oxygen atoms in total. The maximum atomic E-state index is 12.9. The number of hydrogen-bond donors (Lipinski definition) is 3. The number of pyridine rings is 1. The molecule has 2 heterocycles. The molecule has 0 radical (unpaired) electrons. The molecule has 142 valence electrons. The second-order valence-corrected chi connectivity index (χ2v) is 6.01. The summed E-state index contributed by atoms with van der Waals surface area (Å²) in [7, 11) is 0. The minimum atomic E-state index is -4.66. The number of carbonyl (C=O) groups excluding carboxylic acids is 1. The summed E-state index contributed by atoms with van der Waals surface area (Å²) >= 11 is 0. The number of hydrogen-bond acceptors (Lipinski definition) is 4. The van der Waals surface area contributed by atoms with E-state index in [0.29, 0.717) is 16.7 Å². The molecular weight excluding hydrogens is 365 g/mol. The lowest BCUT2D eigenvalue weighted by molar-refractivity contribution is -0.141. The van der Waals surface area contributed by atoms with Crippen LogP contribution in [0.15, 0.2) is 35.1 Å². The lowest BCUT2D eigenvalue weighted by Crippen LogP contribution is -2.19. The first-order valence-electron chi connectivity index (χ1n) is 7.92. The van der Waals surface area contributed by atoms with E-state index in [4.69, 9.17) is 4.74 Å². The molecule has 2 aromatic heterocycles. The Morgan fingerprint density at radius 1 is 1.15 bits per heavy atom. The van der Waals surface area contributed by atoms with Gasteiger partial charge in [-0.25, -0.2) is 9.78 Å². The average Bonchev–Trinajstić information content (AvgIpc) is 2.92. The summed E-state index contributed by atoms with van der Waals surface area (Å²) in [5.41, 5.74) is -0.313. The van der Waals surface area contributed by atoms with E-state index in [1.165, 1.54) is 6.07 Å². The molecule has 1 amide bonds. The zero-order chi connectivity index (χ0) is 19.8. The van der Waals surface area contributed by atoms with Crippen LogP contribution in [0, 0.1) is 0 Å². The highest BCUT2D eigenvalue weighted by molar-refractivity contribution is 6.06. The van der Waals surface area contributed by atoms with Crippen molar-refractivity contribution in [2.75, 3.05) is 5.32 Å². The van der Waals surface area contributed by atoms with E-state index in [-0.39, 0.29) is 5.56 Å². The quantitative estimate of drug-likeness (QED) is 0.647. The van der Waals surface area contributed by atoms with E-state index < -0.39 is 35.5 Å². The summed E-state index contributed by atoms with van der Waals surface area (Å²) in [6, 6.07) is 6.38. The fourth-order valence-corrected chi connectivity index (χ4v) is 2.39. The molecule has 0 unspecified atom stereocenters. The largest absolute Gasteiger partial charge is 0.474 e. The highest BCUT2D eigenvalue weighted by atomic mass is 19.4. The third-order valence-electron chi connectivity index (χ3n) is 3.52. The molecular formula is C17H15F3N4O3. The van der Waals surface area contributed by atoms with Crippen molar-refractivity contribution in [2.45, 2.75) is 26.1 Å². The SMILES string of the molecule is CC(C)Oc1nc(C(F)(F)F)ccc1C(=O)Nc1ccc2[nH]c(=O)[nH]c2c1. The van der Waals surface area contributed by atoms with Crippen molar-refractivity contribution in [1.29, 1.82) is 0 Å². The molecule has 0 fully saturated rings. The number of ether oxygens (including phenoxy) is 1. The minimum Gasteiger partial charge on any atom is -0.474 e. The normalized spacial score (nSPS) is 11.8. The Labute approximate surface area is 150 Å². The van der Waals surface area contributed by atoms with Crippen LogP contribution in [0.2, 0.25) is 0 Å². The van der Waals surface area contributed by atoms with Gasteiger partial charge in [-0.3, -0.25) is 4.79 Å². The number of H-pyrrole nitrogens is 2. The Morgan fingerprint density at radius 3 is 2.52 bits per heavy atom. The van der Waals surface area contributed by atoms with Crippen molar-refractivity contribution in [3.63, 3.8) is 0 Å². The number of anilines is 1. The monoisotopic (exact) mass is 380 g/mol. The van der Waals surface area contributed by atoms with Gasteiger partial charge in [-0.15, -0.1) is 0 Å². The standard InChI is InChI=1S/C17H15F3N4O3/c1-8(2)27-15-10(4-6-13(24-15)17(18,19)20)14(25)21-9-3-5-11-12(7-9)23-16(26)22-11/h3-8H,1-2H3,(H,21,25)(H2,22,23,26). The predicted molar refractivity (Wildman–Crippen MR) is 91.9 cm³/mol. The maximum absolute atomic E-state index is 12.9. The first kappa shape index (κ1) is 18.5. The summed E-state index contributed by atoms with van der Waals surface area (Å²) in [4.78, 5) is 32.4. The van der Waals surface area contributed by atoms with Gasteiger partial charge in [-0.1, -0.05) is 0 Å². The van der Waals surface area contributed by atoms with Crippen LogP contribution < -0.4 is 15.7 Å². The van der Waals surface area contributed by atoms with Crippen molar-refractivity contribution in [2.24, 2.45) is 0 Å². The van der Waals surface area contributed by atoms with E-state index in [0.717, 1.165) is 12.1 Å². The molecule has 0 saturated heterocycles. The summed E-state index contributed by atoms with van der Waals surface area (Å²) in [5.74, 6) is -1.10. The molecule has 0 aliphatic carbocycles. The fraction of sp³-hybridized carbons (Fsp3) is 0.235. The van der Waals surface area contributed by atoms with E-state index in [1.54, 1.807) is 26.0 Å². The highest BCUT2D eigenvalue weighted by Crippen LogP contribution is 2.31. The smallest absolute Gasteiger partial charge is 0.433 e. The van der Waals surface area contributed by atoms with Crippen molar-refractivity contribution in [3.8, 4) is 5.88 Å². The number of nitrogens with one attached hydrogen (secondary N) is 3. The Hall–Kier alpha value is -3.30. The average molecular weight is 380 g/mol. The molecule has 0 aliphatic heterocycles.